The molecule has 0 spiro atoms. The third-order valence-corrected chi connectivity index (χ3v) is 3.62. The number of nitro benzene ring substituents is 1. The predicted octanol–water partition coefficient (Wildman–Crippen LogP) is 1.26. The maximum Gasteiger partial charge on any atom is 0.271 e. The average molecular weight is 309 g/mol. The zero-order valence-corrected chi connectivity index (χ0v) is 12.6. The number of nitrogens with one attached hydrogen (secondary N) is 1. The topological polar surface area (TPSA) is 93.9 Å². The van der Waals surface area contributed by atoms with E-state index in [1.165, 1.54) is 25.3 Å². The minimum atomic E-state index is -0.513. The van der Waals surface area contributed by atoms with Crippen LogP contribution in [0.1, 0.15) is 6.92 Å². The van der Waals surface area contributed by atoms with Gasteiger partial charge in [0.1, 0.15) is 5.75 Å². The van der Waals surface area contributed by atoms with Crippen molar-refractivity contribution in [1.29, 1.82) is 0 Å². The second-order valence-corrected chi connectivity index (χ2v) is 4.96. The molecule has 8 heteroatoms. The molecule has 22 heavy (non-hydrogen) atoms. The number of hydrogen-bond acceptors (Lipinski definition) is 6. The Bertz CT molecular complexity index is 557. The highest BCUT2D eigenvalue weighted by atomic mass is 16.6. The standard InChI is InChI=1S/C14H19N3O5/c1-10(16-5-7-22-8-6-16)14(18)15-12-9-11(17(19)20)3-4-13(12)21-2/h3-4,9-10H,5-8H2,1-2H3,(H,15,18). The van der Waals surface area contributed by atoms with Gasteiger partial charge in [0.05, 0.1) is 37.0 Å². The van der Waals surface area contributed by atoms with Crippen LogP contribution in [0.2, 0.25) is 0 Å². The molecule has 0 saturated carbocycles. The number of nitro groups is 1. The van der Waals surface area contributed by atoms with E-state index in [0.29, 0.717) is 37.7 Å². The normalized spacial score (nSPS) is 16.8. The van der Waals surface area contributed by atoms with E-state index in [1.807, 2.05) is 4.90 Å². The number of rotatable bonds is 5. The summed E-state index contributed by atoms with van der Waals surface area (Å²) in [6.07, 6.45) is 0. The lowest BCUT2D eigenvalue weighted by molar-refractivity contribution is -0.384. The third-order valence-electron chi connectivity index (χ3n) is 3.62. The van der Waals surface area contributed by atoms with Crippen LogP contribution in [0.3, 0.4) is 0 Å². The molecule has 1 heterocycles. The highest BCUT2D eigenvalue weighted by Crippen LogP contribution is 2.29. The molecule has 1 N–H and O–H groups in total. The van der Waals surface area contributed by atoms with Crippen molar-refractivity contribution in [3.63, 3.8) is 0 Å². The number of ether oxygens (including phenoxy) is 2. The maximum atomic E-state index is 12.3. The van der Waals surface area contributed by atoms with Crippen LogP contribution >= 0.6 is 0 Å². The SMILES string of the molecule is COc1ccc([N+](=O)[O-])cc1NC(=O)C(C)N1CCOCC1. The van der Waals surface area contributed by atoms with Crippen molar-refractivity contribution in [3.8, 4) is 5.75 Å². The van der Waals surface area contributed by atoms with Crippen LogP contribution in [-0.4, -0.2) is 55.2 Å². The molecular formula is C14H19N3O5. The Morgan fingerprint density at radius 1 is 1.45 bits per heavy atom. The van der Waals surface area contributed by atoms with Gasteiger partial charge < -0.3 is 14.8 Å². The van der Waals surface area contributed by atoms with E-state index in [2.05, 4.69) is 5.32 Å². The second-order valence-electron chi connectivity index (χ2n) is 4.96. The Labute approximate surface area is 128 Å². The first-order chi connectivity index (χ1) is 10.5. The lowest BCUT2D eigenvalue weighted by Gasteiger charge is -2.31. The van der Waals surface area contributed by atoms with Crippen molar-refractivity contribution in [2.45, 2.75) is 13.0 Å². The number of carbonyl (C=O) groups excluding carboxylic acids is 1. The molecule has 1 saturated heterocycles. The maximum absolute atomic E-state index is 12.3. The van der Waals surface area contributed by atoms with Gasteiger partial charge in [0.25, 0.3) is 5.69 Å². The lowest BCUT2D eigenvalue weighted by Crippen LogP contribution is -2.47. The molecule has 8 nitrogen and oxygen atoms in total. The Morgan fingerprint density at radius 3 is 2.73 bits per heavy atom. The monoisotopic (exact) mass is 309 g/mol. The van der Waals surface area contributed by atoms with E-state index in [1.54, 1.807) is 6.92 Å². The van der Waals surface area contributed by atoms with Gasteiger partial charge >= 0.3 is 0 Å². The molecule has 1 aliphatic rings. The summed E-state index contributed by atoms with van der Waals surface area (Å²) < 4.78 is 10.4. The van der Waals surface area contributed by atoms with Gasteiger partial charge in [-0.2, -0.15) is 0 Å². The van der Waals surface area contributed by atoms with E-state index in [4.69, 9.17) is 9.47 Å². The van der Waals surface area contributed by atoms with Gasteiger partial charge in [0.15, 0.2) is 0 Å². The number of morpholine rings is 1. The molecule has 0 radical (unpaired) electrons. The summed E-state index contributed by atoms with van der Waals surface area (Å²) in [6, 6.07) is 3.74. The molecule has 120 valence electrons. The van der Waals surface area contributed by atoms with Crippen molar-refractivity contribution in [3.05, 3.63) is 28.3 Å². The molecule has 1 atom stereocenters. The van der Waals surface area contributed by atoms with E-state index in [9.17, 15) is 14.9 Å². The fraction of sp³-hybridized carbons (Fsp3) is 0.500. The zero-order chi connectivity index (χ0) is 16.1. The number of hydrogen-bond donors (Lipinski definition) is 1. The quantitative estimate of drug-likeness (QED) is 0.650. The Kier molecular flexibility index (Phi) is 5.29. The molecule has 1 aliphatic heterocycles. The summed E-state index contributed by atoms with van der Waals surface area (Å²) >= 11 is 0. The molecule has 1 aromatic rings. The molecule has 1 amide bonds. The van der Waals surface area contributed by atoms with Crippen LogP contribution in [0.4, 0.5) is 11.4 Å². The first-order valence-corrected chi connectivity index (χ1v) is 6.98. The van der Waals surface area contributed by atoms with Gasteiger partial charge in [-0.25, -0.2) is 0 Å². The fourth-order valence-electron chi connectivity index (χ4n) is 2.27. The van der Waals surface area contributed by atoms with Gasteiger partial charge in [-0.05, 0) is 13.0 Å². The second kappa shape index (κ2) is 7.19. The van der Waals surface area contributed by atoms with Crippen molar-refractivity contribution in [1.82, 2.24) is 4.90 Å². The number of amides is 1. The number of carbonyl (C=O) groups is 1. The van der Waals surface area contributed by atoms with Gasteiger partial charge in [-0.1, -0.05) is 0 Å². The fourth-order valence-corrected chi connectivity index (χ4v) is 2.27. The van der Waals surface area contributed by atoms with E-state index in [0.717, 1.165) is 0 Å². The first kappa shape index (κ1) is 16.2. The molecule has 2 rings (SSSR count). The van der Waals surface area contributed by atoms with Gasteiger partial charge in [0, 0.05) is 25.2 Å². The highest BCUT2D eigenvalue weighted by Gasteiger charge is 2.24. The molecule has 1 fully saturated rings. The van der Waals surface area contributed by atoms with Gasteiger partial charge in [-0.15, -0.1) is 0 Å². The van der Waals surface area contributed by atoms with Crippen LogP contribution in [0.25, 0.3) is 0 Å². The molecule has 0 bridgehead atoms. The van der Waals surface area contributed by atoms with Crippen LogP contribution in [0, 0.1) is 10.1 Å². The van der Waals surface area contributed by atoms with Crippen LogP contribution in [-0.2, 0) is 9.53 Å². The summed E-state index contributed by atoms with van der Waals surface area (Å²) in [6.45, 7) is 4.35. The van der Waals surface area contributed by atoms with Crippen molar-refractivity contribution in [2.75, 3.05) is 38.7 Å². The number of methoxy groups -OCH3 is 1. The third kappa shape index (κ3) is 3.71. The van der Waals surface area contributed by atoms with E-state index >= 15 is 0 Å². The summed E-state index contributed by atoms with van der Waals surface area (Å²) in [4.78, 5) is 24.7. The van der Waals surface area contributed by atoms with Crippen molar-refractivity contribution < 1.29 is 19.2 Å². The number of nitrogens with zero attached hydrogens (tertiary/aromatic N) is 2. The van der Waals surface area contributed by atoms with Gasteiger partial charge in [-0.3, -0.25) is 19.8 Å². The summed E-state index contributed by atoms with van der Waals surface area (Å²) in [5.74, 6) is 0.147. The largest absolute Gasteiger partial charge is 0.495 e. The summed E-state index contributed by atoms with van der Waals surface area (Å²) in [5.41, 5.74) is 0.192. The molecule has 0 aliphatic carbocycles. The van der Waals surface area contributed by atoms with Crippen LogP contribution in [0.15, 0.2) is 18.2 Å². The Hall–Kier alpha value is -2.19. The number of benzene rings is 1. The Morgan fingerprint density at radius 2 is 2.14 bits per heavy atom. The minimum absolute atomic E-state index is 0.102. The molecule has 1 unspecified atom stereocenters. The smallest absolute Gasteiger partial charge is 0.271 e. The van der Waals surface area contributed by atoms with Crippen molar-refractivity contribution >= 4 is 17.3 Å². The highest BCUT2D eigenvalue weighted by molar-refractivity contribution is 5.96. The number of anilines is 1. The predicted molar refractivity (Wildman–Crippen MR) is 80.1 cm³/mol. The minimum Gasteiger partial charge on any atom is -0.495 e. The van der Waals surface area contributed by atoms with E-state index in [-0.39, 0.29) is 17.6 Å². The van der Waals surface area contributed by atoms with Gasteiger partial charge in [0.2, 0.25) is 5.91 Å². The van der Waals surface area contributed by atoms with Crippen LogP contribution in [0.5, 0.6) is 5.75 Å². The summed E-state index contributed by atoms with van der Waals surface area (Å²) in [5, 5.41) is 13.6. The van der Waals surface area contributed by atoms with E-state index < -0.39 is 4.92 Å². The molecular weight excluding hydrogens is 290 g/mol. The first-order valence-electron chi connectivity index (χ1n) is 6.98. The average Bonchev–Trinajstić information content (AvgIpc) is 2.54. The molecule has 0 aromatic heterocycles. The Balaban J connectivity index is 2.12. The lowest BCUT2D eigenvalue weighted by atomic mass is 10.2. The van der Waals surface area contributed by atoms with Crippen molar-refractivity contribution in [2.24, 2.45) is 0 Å². The number of non-ortho nitro benzene ring substituents is 1. The molecule has 1 aromatic carbocycles. The van der Waals surface area contributed by atoms with Crippen LogP contribution < -0.4 is 10.1 Å². The summed E-state index contributed by atoms with van der Waals surface area (Å²) in [7, 11) is 1.45. The zero-order valence-electron chi connectivity index (χ0n) is 12.6.